The lowest BCUT2D eigenvalue weighted by atomic mass is 10.0. The van der Waals surface area contributed by atoms with Crippen LogP contribution >= 0.6 is 11.8 Å². The van der Waals surface area contributed by atoms with Gasteiger partial charge in [0.15, 0.2) is 11.0 Å². The number of ether oxygens (including phenoxy) is 1. The molecule has 0 aliphatic carbocycles. The van der Waals surface area contributed by atoms with Crippen LogP contribution in [0.25, 0.3) is 23.2 Å². The highest BCUT2D eigenvalue weighted by molar-refractivity contribution is 8.14. The van der Waals surface area contributed by atoms with Crippen LogP contribution in [0.5, 0.6) is 5.75 Å². The van der Waals surface area contributed by atoms with Crippen molar-refractivity contribution in [3.63, 3.8) is 0 Å². The predicted molar refractivity (Wildman–Crippen MR) is 168 cm³/mol. The summed E-state index contributed by atoms with van der Waals surface area (Å²) in [6.07, 6.45) is -0.413. The average Bonchev–Trinajstić information content (AvgIpc) is 3.48. The number of thioether (sulfide) groups is 1. The molecule has 228 valence electrons. The summed E-state index contributed by atoms with van der Waals surface area (Å²) in [5, 5.41) is 7.99. The highest BCUT2D eigenvalue weighted by Gasteiger charge is 2.31. The van der Waals surface area contributed by atoms with Crippen molar-refractivity contribution in [1.82, 2.24) is 20.1 Å². The minimum absolute atomic E-state index is 0.314. The first kappa shape index (κ1) is 30.9. The molecule has 0 atom stereocenters. The number of nitrogens with one attached hydrogen (secondary N) is 1. The van der Waals surface area contributed by atoms with E-state index in [1.165, 1.54) is 40.8 Å². The van der Waals surface area contributed by atoms with Crippen molar-refractivity contribution in [2.45, 2.75) is 39.5 Å². The number of carbonyl (C=O) groups is 1. The third-order valence-electron chi connectivity index (χ3n) is 6.72. The maximum Gasteiger partial charge on any atom is 0.573 e. The highest BCUT2D eigenvalue weighted by Crippen LogP contribution is 2.32. The van der Waals surface area contributed by atoms with Gasteiger partial charge in [0.1, 0.15) is 12.1 Å². The molecule has 2 heterocycles. The summed E-state index contributed by atoms with van der Waals surface area (Å²) in [6.45, 7) is 6.93. The lowest BCUT2D eigenvalue weighted by molar-refractivity contribution is -0.274. The van der Waals surface area contributed by atoms with Crippen LogP contribution in [0.2, 0.25) is 0 Å². The number of carbonyl (C=O) groups excluding carboxylic acids is 1. The molecule has 0 unspecified atom stereocenters. The van der Waals surface area contributed by atoms with E-state index >= 15 is 0 Å². The quantitative estimate of drug-likeness (QED) is 0.225. The number of allylic oxidation sites excluding steroid dienone is 1. The van der Waals surface area contributed by atoms with Crippen LogP contribution in [0.4, 0.5) is 23.7 Å². The van der Waals surface area contributed by atoms with Gasteiger partial charge in [-0.2, -0.15) is 4.99 Å². The van der Waals surface area contributed by atoms with Gasteiger partial charge in [-0.15, -0.1) is 18.3 Å². The zero-order chi connectivity index (χ0) is 31.3. The molecular weight excluding hydrogens is 589 g/mol. The molecule has 5 rings (SSSR count). The molecule has 0 bridgehead atoms. The maximum absolute atomic E-state index is 12.9. The second kappa shape index (κ2) is 13.4. The molecule has 12 heteroatoms. The zero-order valence-electron chi connectivity index (χ0n) is 24.4. The van der Waals surface area contributed by atoms with Crippen molar-refractivity contribution in [3.05, 3.63) is 95.9 Å². The van der Waals surface area contributed by atoms with E-state index in [-0.39, 0.29) is 5.75 Å². The van der Waals surface area contributed by atoms with E-state index in [4.69, 9.17) is 0 Å². The molecule has 1 saturated heterocycles. The molecule has 44 heavy (non-hydrogen) atoms. The Hall–Kier alpha value is -4.58. The van der Waals surface area contributed by atoms with Gasteiger partial charge in [-0.25, -0.2) is 14.5 Å². The normalized spacial score (nSPS) is 15.1. The van der Waals surface area contributed by atoms with Crippen molar-refractivity contribution < 1.29 is 22.7 Å². The molecule has 0 spiro atoms. The minimum Gasteiger partial charge on any atom is -0.406 e. The fourth-order valence-electron chi connectivity index (χ4n) is 4.72. The minimum atomic E-state index is -4.75. The van der Waals surface area contributed by atoms with Gasteiger partial charge >= 0.3 is 12.4 Å². The van der Waals surface area contributed by atoms with Crippen molar-refractivity contribution in [1.29, 1.82) is 0 Å². The fraction of sp³-hybridized carbons (Fsp3) is 0.250. The van der Waals surface area contributed by atoms with Gasteiger partial charge in [0.25, 0.3) is 0 Å². The second-order valence-corrected chi connectivity index (χ2v) is 11.5. The maximum atomic E-state index is 12.9. The monoisotopic (exact) mass is 620 g/mol. The van der Waals surface area contributed by atoms with Gasteiger partial charge in [-0.3, -0.25) is 0 Å². The number of hydrogen-bond donors (Lipinski definition) is 1. The first-order chi connectivity index (χ1) is 21.1. The molecule has 0 saturated carbocycles. The summed E-state index contributed by atoms with van der Waals surface area (Å²) in [5.74, 6) is 1.39. The number of urea groups is 1. The second-order valence-electron chi connectivity index (χ2n) is 10.4. The Kier molecular flexibility index (Phi) is 9.38. The average molecular weight is 621 g/mol. The molecule has 0 radical (unpaired) electrons. The van der Waals surface area contributed by atoms with Gasteiger partial charge in [-0.1, -0.05) is 68.1 Å². The summed E-state index contributed by atoms with van der Waals surface area (Å²) < 4.78 is 42.6. The molecule has 8 nitrogen and oxygen atoms in total. The van der Waals surface area contributed by atoms with Gasteiger partial charge in [0, 0.05) is 29.2 Å². The Balaban J connectivity index is 1.23. The largest absolute Gasteiger partial charge is 0.573 e. The molecule has 1 fully saturated rings. The van der Waals surface area contributed by atoms with Crippen LogP contribution in [0.3, 0.4) is 0 Å². The molecule has 4 aromatic rings. The standard InChI is InChI=1S/C32H31F3N6O2S/c1-21(2)27-7-4-5-8-28(27)40-17-6-18-44-31(40)38-30(42)37-22(3)19-23-9-11-24(12-10-23)29-36-20-41(39-29)25-13-15-26(16-14-25)43-32(33,34)35/h4-5,7-16,19-21H,6,17-18H2,1-3H3,(H,37,42)/b22-19+,38-31-. The third kappa shape index (κ3) is 7.87. The number of amides is 2. The number of alkyl halides is 3. The van der Waals surface area contributed by atoms with Gasteiger partial charge < -0.3 is 15.0 Å². The van der Waals surface area contributed by atoms with E-state index in [1.807, 2.05) is 42.5 Å². The van der Waals surface area contributed by atoms with Gasteiger partial charge in [0.2, 0.25) is 0 Å². The van der Waals surface area contributed by atoms with E-state index in [2.05, 4.69) is 56.0 Å². The van der Waals surface area contributed by atoms with Crippen LogP contribution in [-0.4, -0.2) is 44.6 Å². The molecule has 1 aromatic heterocycles. The van der Waals surface area contributed by atoms with E-state index in [0.29, 0.717) is 28.3 Å². The fourth-order valence-corrected chi connectivity index (χ4v) is 5.66. The zero-order valence-corrected chi connectivity index (χ0v) is 25.2. The number of benzene rings is 3. The third-order valence-corrected chi connectivity index (χ3v) is 7.78. The lowest BCUT2D eigenvalue weighted by Gasteiger charge is -2.31. The van der Waals surface area contributed by atoms with Crippen LogP contribution < -0.4 is 15.0 Å². The number of para-hydroxylation sites is 1. The van der Waals surface area contributed by atoms with E-state index < -0.39 is 12.4 Å². The number of aromatic nitrogens is 3. The van der Waals surface area contributed by atoms with Crippen molar-refractivity contribution >= 4 is 34.7 Å². The van der Waals surface area contributed by atoms with Crippen molar-refractivity contribution in [2.24, 2.45) is 4.99 Å². The molecular formula is C32H31F3N6O2S. The van der Waals surface area contributed by atoms with Crippen LogP contribution in [0.15, 0.2) is 89.8 Å². The number of anilines is 1. The lowest BCUT2D eigenvalue weighted by Crippen LogP contribution is -2.36. The number of nitrogens with zero attached hydrogens (tertiary/aromatic N) is 5. The summed E-state index contributed by atoms with van der Waals surface area (Å²) in [7, 11) is 0. The summed E-state index contributed by atoms with van der Waals surface area (Å²) in [6, 6.07) is 20.6. The Bertz CT molecular complexity index is 1660. The molecule has 2 amide bonds. The first-order valence-corrected chi connectivity index (χ1v) is 15.0. The Morgan fingerprint density at radius 2 is 1.80 bits per heavy atom. The summed E-state index contributed by atoms with van der Waals surface area (Å²) in [4.78, 5) is 23.8. The van der Waals surface area contributed by atoms with Crippen LogP contribution in [0, 0.1) is 0 Å². The summed E-state index contributed by atoms with van der Waals surface area (Å²) in [5.41, 5.74) is 5.09. The molecule has 1 aliphatic rings. The van der Waals surface area contributed by atoms with E-state index in [1.54, 1.807) is 18.7 Å². The number of hydrogen-bond acceptors (Lipinski definition) is 5. The predicted octanol–water partition coefficient (Wildman–Crippen LogP) is 8.03. The number of rotatable bonds is 7. The van der Waals surface area contributed by atoms with Crippen LogP contribution in [0.1, 0.15) is 44.2 Å². The van der Waals surface area contributed by atoms with Crippen LogP contribution in [-0.2, 0) is 0 Å². The van der Waals surface area contributed by atoms with Crippen molar-refractivity contribution in [2.75, 3.05) is 17.2 Å². The molecule has 3 aromatic carbocycles. The number of aliphatic imine (C=N–C) groups is 1. The number of amidine groups is 1. The van der Waals surface area contributed by atoms with E-state index in [9.17, 15) is 18.0 Å². The summed E-state index contributed by atoms with van der Waals surface area (Å²) >= 11 is 1.58. The molecule has 1 N–H and O–H groups in total. The smallest absolute Gasteiger partial charge is 0.406 e. The van der Waals surface area contributed by atoms with Crippen molar-refractivity contribution in [3.8, 4) is 22.8 Å². The van der Waals surface area contributed by atoms with E-state index in [0.717, 1.165) is 35.5 Å². The first-order valence-electron chi connectivity index (χ1n) is 14.0. The highest BCUT2D eigenvalue weighted by atomic mass is 32.2. The Labute approximate surface area is 257 Å². The Morgan fingerprint density at radius 3 is 2.50 bits per heavy atom. The Morgan fingerprint density at radius 1 is 1.07 bits per heavy atom. The molecule has 1 aliphatic heterocycles. The number of halogens is 3. The van der Waals surface area contributed by atoms with Gasteiger partial charge in [0.05, 0.1) is 5.69 Å². The SMILES string of the molecule is C/C(=C\c1ccc(-c2ncn(-c3ccc(OC(F)(F)F)cc3)n2)cc1)NC(=O)/N=C1\SCCCN1c1ccccc1C(C)C. The topological polar surface area (TPSA) is 84.6 Å². The van der Waals surface area contributed by atoms with Gasteiger partial charge in [-0.05, 0) is 66.8 Å².